The molecule has 0 radical (unpaired) electrons. The number of hydrazone groups is 1. The van der Waals surface area contributed by atoms with Crippen LogP contribution in [-0.2, 0) is 19.6 Å². The van der Waals surface area contributed by atoms with Crippen molar-refractivity contribution in [2.45, 2.75) is 25.5 Å². The normalized spacial score (nSPS) is 15.8. The molecule has 7 nitrogen and oxygen atoms in total. The average molecular weight is 472 g/mol. The van der Waals surface area contributed by atoms with Crippen LogP contribution in [0, 0.1) is 12.7 Å². The lowest BCUT2D eigenvalue weighted by atomic mass is 10.2. The molecular formula is C24H26FN3O4S. The second-order valence-corrected chi connectivity index (χ2v) is 9.45. The number of hydrogen-bond donors (Lipinski definition) is 1. The summed E-state index contributed by atoms with van der Waals surface area (Å²) in [6, 6.07) is 12.8. The standard InChI is InChI=1S/C24H26FN3O4S/c1-3-32-21-12-14-22(15-13-21)33(30,31)28(20-10-8-18(2)9-11-20)17-24(29)27-26-16-19-6-4-5-7-23(19)25/h4-14,16,22H,3,15,17H2,1-2H3,(H,27,29)/b26-16-. The molecule has 0 saturated carbocycles. The van der Waals surface area contributed by atoms with Crippen LogP contribution in [0.2, 0.25) is 0 Å². The summed E-state index contributed by atoms with van der Waals surface area (Å²) in [7, 11) is -3.93. The number of rotatable bonds is 9. The van der Waals surface area contributed by atoms with Gasteiger partial charge in [-0.25, -0.2) is 18.2 Å². The van der Waals surface area contributed by atoms with Gasteiger partial charge in [0.25, 0.3) is 5.91 Å². The maximum atomic E-state index is 13.7. The van der Waals surface area contributed by atoms with E-state index in [1.54, 1.807) is 54.6 Å². The first-order valence-electron chi connectivity index (χ1n) is 10.5. The predicted molar refractivity (Wildman–Crippen MR) is 127 cm³/mol. The summed E-state index contributed by atoms with van der Waals surface area (Å²) in [5.41, 5.74) is 3.79. The number of amides is 1. The van der Waals surface area contributed by atoms with Crippen LogP contribution in [0.1, 0.15) is 24.5 Å². The number of nitrogens with zero attached hydrogens (tertiary/aromatic N) is 2. The van der Waals surface area contributed by atoms with E-state index in [1.807, 2.05) is 13.8 Å². The summed E-state index contributed by atoms with van der Waals surface area (Å²) >= 11 is 0. The fraction of sp³-hybridized carbons (Fsp3) is 0.250. The summed E-state index contributed by atoms with van der Waals surface area (Å²) in [5, 5.41) is 2.91. The molecule has 9 heteroatoms. The molecule has 1 N–H and O–H groups in total. The van der Waals surface area contributed by atoms with Crippen LogP contribution >= 0.6 is 0 Å². The Kier molecular flexibility index (Phi) is 8.00. The molecule has 2 aromatic rings. The second-order valence-electron chi connectivity index (χ2n) is 7.37. The fourth-order valence-electron chi connectivity index (χ4n) is 3.20. The maximum Gasteiger partial charge on any atom is 0.260 e. The van der Waals surface area contributed by atoms with Crippen molar-refractivity contribution in [3.05, 3.63) is 89.5 Å². The van der Waals surface area contributed by atoms with E-state index in [1.165, 1.54) is 18.3 Å². The highest BCUT2D eigenvalue weighted by molar-refractivity contribution is 7.93. The minimum atomic E-state index is -3.93. The molecule has 3 rings (SSSR count). The molecule has 0 aliphatic heterocycles. The largest absolute Gasteiger partial charge is 0.494 e. The molecule has 174 valence electrons. The van der Waals surface area contributed by atoms with E-state index in [2.05, 4.69) is 10.5 Å². The molecule has 0 bridgehead atoms. The van der Waals surface area contributed by atoms with E-state index in [4.69, 9.17) is 4.74 Å². The third-order valence-electron chi connectivity index (χ3n) is 4.93. The highest BCUT2D eigenvalue weighted by Gasteiger charge is 2.33. The zero-order valence-corrected chi connectivity index (χ0v) is 19.3. The molecule has 1 amide bonds. The van der Waals surface area contributed by atoms with E-state index >= 15 is 0 Å². The first kappa shape index (κ1) is 24.2. The number of ether oxygens (including phenoxy) is 1. The number of aryl methyl sites for hydroxylation is 1. The molecule has 33 heavy (non-hydrogen) atoms. The summed E-state index contributed by atoms with van der Waals surface area (Å²) in [6.45, 7) is 3.74. The molecule has 1 atom stereocenters. The van der Waals surface area contributed by atoms with Crippen molar-refractivity contribution < 1.29 is 22.3 Å². The van der Waals surface area contributed by atoms with Crippen molar-refractivity contribution in [2.24, 2.45) is 5.10 Å². The van der Waals surface area contributed by atoms with Crippen molar-refractivity contribution >= 4 is 27.8 Å². The number of hydrogen-bond acceptors (Lipinski definition) is 5. The Morgan fingerprint density at radius 3 is 2.61 bits per heavy atom. The van der Waals surface area contributed by atoms with Crippen LogP contribution in [-0.4, -0.2) is 38.9 Å². The van der Waals surface area contributed by atoms with Crippen LogP contribution < -0.4 is 9.73 Å². The number of benzene rings is 2. The molecule has 1 aliphatic carbocycles. The van der Waals surface area contributed by atoms with Gasteiger partial charge in [-0.15, -0.1) is 0 Å². The number of carbonyl (C=O) groups is 1. The smallest absolute Gasteiger partial charge is 0.260 e. The van der Waals surface area contributed by atoms with E-state index < -0.39 is 33.5 Å². The zero-order chi connectivity index (χ0) is 23.8. The molecule has 0 aromatic heterocycles. The summed E-state index contributed by atoms with van der Waals surface area (Å²) in [6.07, 6.45) is 6.31. The lowest BCUT2D eigenvalue weighted by molar-refractivity contribution is -0.119. The Labute approximate surface area is 193 Å². The van der Waals surface area contributed by atoms with E-state index in [0.717, 1.165) is 9.87 Å². The number of anilines is 1. The Balaban J connectivity index is 1.78. The molecule has 1 unspecified atom stereocenters. The summed E-state index contributed by atoms with van der Waals surface area (Å²) in [5.74, 6) is -0.522. The number of sulfonamides is 1. The molecule has 2 aromatic carbocycles. The van der Waals surface area contributed by atoms with Crippen molar-refractivity contribution in [1.82, 2.24) is 5.43 Å². The number of allylic oxidation sites excluding steroid dienone is 2. The highest BCUT2D eigenvalue weighted by atomic mass is 32.2. The number of halogens is 1. The second kappa shape index (κ2) is 10.9. The Morgan fingerprint density at radius 2 is 1.97 bits per heavy atom. The average Bonchev–Trinajstić information content (AvgIpc) is 2.80. The number of nitrogens with one attached hydrogen (secondary N) is 1. The highest BCUT2D eigenvalue weighted by Crippen LogP contribution is 2.26. The zero-order valence-electron chi connectivity index (χ0n) is 18.4. The van der Waals surface area contributed by atoms with Crippen LogP contribution in [0.5, 0.6) is 0 Å². The van der Waals surface area contributed by atoms with Gasteiger partial charge in [0.05, 0.1) is 18.5 Å². The van der Waals surface area contributed by atoms with Gasteiger partial charge in [0, 0.05) is 5.56 Å². The van der Waals surface area contributed by atoms with Gasteiger partial charge < -0.3 is 4.74 Å². The van der Waals surface area contributed by atoms with Crippen LogP contribution in [0.4, 0.5) is 10.1 Å². The predicted octanol–water partition coefficient (Wildman–Crippen LogP) is 3.67. The topological polar surface area (TPSA) is 88.1 Å². The molecule has 0 spiro atoms. The van der Waals surface area contributed by atoms with E-state index in [-0.39, 0.29) is 12.0 Å². The van der Waals surface area contributed by atoms with Crippen molar-refractivity contribution in [3.63, 3.8) is 0 Å². The van der Waals surface area contributed by atoms with Crippen molar-refractivity contribution in [2.75, 3.05) is 17.5 Å². The van der Waals surface area contributed by atoms with Gasteiger partial charge in [-0.1, -0.05) is 42.0 Å². The van der Waals surface area contributed by atoms with E-state index in [9.17, 15) is 17.6 Å². The Morgan fingerprint density at radius 1 is 1.24 bits per heavy atom. The third-order valence-corrected chi connectivity index (χ3v) is 7.00. The quantitative estimate of drug-likeness (QED) is 0.447. The molecule has 0 heterocycles. The minimum Gasteiger partial charge on any atom is -0.494 e. The molecular weight excluding hydrogens is 445 g/mol. The van der Waals surface area contributed by atoms with Gasteiger partial charge >= 0.3 is 0 Å². The fourth-order valence-corrected chi connectivity index (χ4v) is 4.85. The molecule has 0 saturated heterocycles. The monoisotopic (exact) mass is 471 g/mol. The Bertz CT molecular complexity index is 1170. The third kappa shape index (κ3) is 6.29. The first-order chi connectivity index (χ1) is 15.8. The van der Waals surface area contributed by atoms with E-state index in [0.29, 0.717) is 18.1 Å². The Hall–Kier alpha value is -3.46. The summed E-state index contributed by atoms with van der Waals surface area (Å²) < 4.78 is 47.1. The van der Waals surface area contributed by atoms with Gasteiger partial charge in [0.2, 0.25) is 10.0 Å². The maximum absolute atomic E-state index is 13.7. The lowest BCUT2D eigenvalue weighted by Gasteiger charge is -2.28. The summed E-state index contributed by atoms with van der Waals surface area (Å²) in [4.78, 5) is 12.6. The lowest BCUT2D eigenvalue weighted by Crippen LogP contribution is -2.44. The SMILES string of the molecule is CCOC1=CCC(S(=O)(=O)N(CC(=O)N/N=C\c2ccccc2F)c2ccc(C)cc2)C=C1. The van der Waals surface area contributed by atoms with Crippen molar-refractivity contribution in [3.8, 4) is 0 Å². The van der Waals surface area contributed by atoms with Gasteiger partial charge in [-0.05, 0) is 50.6 Å². The van der Waals surface area contributed by atoms with Crippen LogP contribution in [0.25, 0.3) is 0 Å². The first-order valence-corrected chi connectivity index (χ1v) is 12.0. The van der Waals surface area contributed by atoms with Gasteiger partial charge in [0.15, 0.2) is 0 Å². The van der Waals surface area contributed by atoms with Crippen LogP contribution in [0.3, 0.4) is 0 Å². The molecule has 1 aliphatic rings. The van der Waals surface area contributed by atoms with Gasteiger partial charge in [-0.2, -0.15) is 5.10 Å². The van der Waals surface area contributed by atoms with Gasteiger partial charge in [0.1, 0.15) is 23.4 Å². The number of carbonyl (C=O) groups excluding carboxylic acids is 1. The van der Waals surface area contributed by atoms with Gasteiger partial charge in [-0.3, -0.25) is 9.10 Å². The van der Waals surface area contributed by atoms with Crippen molar-refractivity contribution in [1.29, 1.82) is 0 Å². The minimum absolute atomic E-state index is 0.199. The van der Waals surface area contributed by atoms with Crippen LogP contribution in [0.15, 0.2) is 77.6 Å². The molecule has 0 fully saturated rings.